The SMILES string of the molecule is Cc1ccsc1C(O)c1nn(C)c2ccccc12. The number of para-hydroxylation sites is 1. The van der Waals surface area contributed by atoms with Gasteiger partial charge >= 0.3 is 0 Å². The zero-order valence-corrected chi connectivity index (χ0v) is 11.1. The van der Waals surface area contributed by atoms with Crippen LogP contribution in [-0.4, -0.2) is 14.9 Å². The summed E-state index contributed by atoms with van der Waals surface area (Å²) in [6.07, 6.45) is -0.643. The Labute approximate surface area is 109 Å². The van der Waals surface area contributed by atoms with Crippen molar-refractivity contribution in [3.63, 3.8) is 0 Å². The molecule has 1 unspecified atom stereocenters. The minimum atomic E-state index is -0.643. The molecule has 3 aromatic rings. The molecule has 1 atom stereocenters. The molecule has 0 saturated heterocycles. The molecule has 0 fully saturated rings. The molecule has 0 aliphatic heterocycles. The minimum Gasteiger partial charge on any atom is -0.381 e. The highest BCUT2D eigenvalue weighted by Crippen LogP contribution is 2.32. The number of hydrogen-bond donors (Lipinski definition) is 1. The highest BCUT2D eigenvalue weighted by Gasteiger charge is 2.20. The number of rotatable bonds is 2. The fourth-order valence-electron chi connectivity index (χ4n) is 2.23. The summed E-state index contributed by atoms with van der Waals surface area (Å²) in [7, 11) is 1.90. The molecular weight excluding hydrogens is 244 g/mol. The average molecular weight is 258 g/mol. The summed E-state index contributed by atoms with van der Waals surface area (Å²) in [6, 6.07) is 10.00. The molecule has 2 heterocycles. The van der Waals surface area contributed by atoms with Crippen molar-refractivity contribution in [3.8, 4) is 0 Å². The van der Waals surface area contributed by atoms with Crippen molar-refractivity contribution in [1.29, 1.82) is 0 Å². The van der Waals surface area contributed by atoms with Gasteiger partial charge in [0.25, 0.3) is 0 Å². The fraction of sp³-hybridized carbons (Fsp3) is 0.214. The molecule has 0 aliphatic carbocycles. The summed E-state index contributed by atoms with van der Waals surface area (Å²) in [6.45, 7) is 2.01. The first kappa shape index (κ1) is 11.4. The fourth-order valence-corrected chi connectivity index (χ4v) is 3.15. The van der Waals surface area contributed by atoms with E-state index in [1.807, 2.05) is 54.4 Å². The van der Waals surface area contributed by atoms with Gasteiger partial charge in [0.05, 0.1) is 5.52 Å². The van der Waals surface area contributed by atoms with E-state index < -0.39 is 6.10 Å². The summed E-state index contributed by atoms with van der Waals surface area (Å²) in [4.78, 5) is 0.971. The van der Waals surface area contributed by atoms with Crippen LogP contribution >= 0.6 is 11.3 Å². The van der Waals surface area contributed by atoms with Crippen LogP contribution in [0.2, 0.25) is 0 Å². The lowest BCUT2D eigenvalue weighted by molar-refractivity contribution is 0.219. The molecule has 1 aromatic carbocycles. The number of benzene rings is 1. The zero-order chi connectivity index (χ0) is 12.7. The van der Waals surface area contributed by atoms with Gasteiger partial charge in [-0.15, -0.1) is 11.3 Å². The molecule has 2 aromatic heterocycles. The lowest BCUT2D eigenvalue weighted by atomic mass is 10.1. The lowest BCUT2D eigenvalue weighted by Crippen LogP contribution is -2.01. The van der Waals surface area contributed by atoms with Crippen LogP contribution in [-0.2, 0) is 7.05 Å². The highest BCUT2D eigenvalue weighted by atomic mass is 32.1. The molecule has 18 heavy (non-hydrogen) atoms. The molecule has 0 saturated carbocycles. The Kier molecular flexibility index (Phi) is 2.69. The Morgan fingerprint density at radius 3 is 2.78 bits per heavy atom. The van der Waals surface area contributed by atoms with E-state index in [4.69, 9.17) is 0 Å². The number of aliphatic hydroxyl groups excluding tert-OH is 1. The van der Waals surface area contributed by atoms with Gasteiger partial charge in [0.2, 0.25) is 0 Å². The van der Waals surface area contributed by atoms with E-state index in [0.29, 0.717) is 0 Å². The molecule has 3 nitrogen and oxygen atoms in total. The Bertz CT molecular complexity index is 699. The summed E-state index contributed by atoms with van der Waals surface area (Å²) < 4.78 is 1.82. The first-order valence-corrected chi connectivity index (χ1v) is 6.70. The molecule has 3 rings (SSSR count). The molecule has 0 spiro atoms. The standard InChI is InChI=1S/C14H14N2OS/c1-9-7-8-18-14(9)13(17)12-10-5-3-4-6-11(10)16(2)15-12/h3-8,13,17H,1-2H3. The Hall–Kier alpha value is -1.65. The number of hydrogen-bond acceptors (Lipinski definition) is 3. The molecule has 1 N–H and O–H groups in total. The molecule has 0 aliphatic rings. The maximum Gasteiger partial charge on any atom is 0.133 e. The van der Waals surface area contributed by atoms with Gasteiger partial charge in [0, 0.05) is 17.3 Å². The topological polar surface area (TPSA) is 38.1 Å². The first-order valence-electron chi connectivity index (χ1n) is 5.82. The molecular formula is C14H14N2OS. The van der Waals surface area contributed by atoms with E-state index in [2.05, 4.69) is 5.10 Å². The van der Waals surface area contributed by atoms with E-state index in [9.17, 15) is 5.11 Å². The van der Waals surface area contributed by atoms with E-state index in [1.54, 1.807) is 11.3 Å². The van der Waals surface area contributed by atoms with E-state index in [1.165, 1.54) is 0 Å². The predicted molar refractivity (Wildman–Crippen MR) is 73.8 cm³/mol. The van der Waals surface area contributed by atoms with Crippen LogP contribution in [0.25, 0.3) is 10.9 Å². The first-order chi connectivity index (χ1) is 8.68. The minimum absolute atomic E-state index is 0.643. The third-order valence-corrected chi connectivity index (χ3v) is 4.27. The normalized spacial score (nSPS) is 13.1. The second kappa shape index (κ2) is 4.23. The summed E-state index contributed by atoms with van der Waals surface area (Å²) in [5.74, 6) is 0. The number of aliphatic hydroxyl groups is 1. The predicted octanol–water partition coefficient (Wildman–Crippen LogP) is 3.02. The maximum absolute atomic E-state index is 10.5. The van der Waals surface area contributed by atoms with Gasteiger partial charge in [0.1, 0.15) is 11.8 Å². The van der Waals surface area contributed by atoms with Crippen LogP contribution in [0.5, 0.6) is 0 Å². The Balaban J connectivity index is 2.18. The van der Waals surface area contributed by atoms with E-state index in [0.717, 1.165) is 27.0 Å². The number of thiophene rings is 1. The molecule has 0 amide bonds. The van der Waals surface area contributed by atoms with Gasteiger partial charge in [-0.3, -0.25) is 4.68 Å². The van der Waals surface area contributed by atoms with Crippen molar-refractivity contribution >= 4 is 22.2 Å². The van der Waals surface area contributed by atoms with Crippen LogP contribution in [0.1, 0.15) is 22.2 Å². The molecule has 0 bridgehead atoms. The van der Waals surface area contributed by atoms with Gasteiger partial charge in [-0.2, -0.15) is 5.10 Å². The van der Waals surface area contributed by atoms with Crippen molar-refractivity contribution in [2.24, 2.45) is 7.05 Å². The zero-order valence-electron chi connectivity index (χ0n) is 10.3. The quantitative estimate of drug-likeness (QED) is 0.767. The van der Waals surface area contributed by atoms with Gasteiger partial charge in [0.15, 0.2) is 0 Å². The van der Waals surface area contributed by atoms with E-state index >= 15 is 0 Å². The van der Waals surface area contributed by atoms with Crippen LogP contribution in [0.4, 0.5) is 0 Å². The average Bonchev–Trinajstić information content (AvgIpc) is 2.94. The van der Waals surface area contributed by atoms with Crippen LogP contribution in [0, 0.1) is 6.92 Å². The summed E-state index contributed by atoms with van der Waals surface area (Å²) in [5, 5.41) is 18.0. The van der Waals surface area contributed by atoms with Crippen molar-refractivity contribution in [1.82, 2.24) is 9.78 Å². The largest absolute Gasteiger partial charge is 0.381 e. The molecule has 4 heteroatoms. The van der Waals surface area contributed by atoms with Crippen molar-refractivity contribution in [3.05, 3.63) is 51.8 Å². The molecule has 92 valence electrons. The number of nitrogens with zero attached hydrogens (tertiary/aromatic N) is 2. The van der Waals surface area contributed by atoms with Gasteiger partial charge in [-0.05, 0) is 30.0 Å². The van der Waals surface area contributed by atoms with Crippen molar-refractivity contribution in [2.75, 3.05) is 0 Å². The second-order valence-corrected chi connectivity index (χ2v) is 5.34. The van der Waals surface area contributed by atoms with Crippen LogP contribution in [0.3, 0.4) is 0 Å². The number of fused-ring (bicyclic) bond motifs is 1. The molecule has 0 radical (unpaired) electrons. The van der Waals surface area contributed by atoms with Gasteiger partial charge in [-0.1, -0.05) is 18.2 Å². The third-order valence-electron chi connectivity index (χ3n) is 3.20. The number of aromatic nitrogens is 2. The monoisotopic (exact) mass is 258 g/mol. The van der Waals surface area contributed by atoms with Gasteiger partial charge in [-0.25, -0.2) is 0 Å². The second-order valence-electron chi connectivity index (χ2n) is 4.40. The van der Waals surface area contributed by atoms with Crippen molar-refractivity contribution < 1.29 is 5.11 Å². The Morgan fingerprint density at radius 1 is 1.28 bits per heavy atom. The smallest absolute Gasteiger partial charge is 0.133 e. The van der Waals surface area contributed by atoms with Gasteiger partial charge < -0.3 is 5.11 Å². The summed E-state index contributed by atoms with van der Waals surface area (Å²) >= 11 is 1.57. The van der Waals surface area contributed by atoms with Crippen LogP contribution < -0.4 is 0 Å². The van der Waals surface area contributed by atoms with Crippen LogP contribution in [0.15, 0.2) is 35.7 Å². The third kappa shape index (κ3) is 1.65. The number of aryl methyl sites for hydroxylation is 2. The summed E-state index contributed by atoms with van der Waals surface area (Å²) in [5.41, 5.74) is 2.89. The van der Waals surface area contributed by atoms with Crippen molar-refractivity contribution in [2.45, 2.75) is 13.0 Å². The highest BCUT2D eigenvalue weighted by molar-refractivity contribution is 7.10. The van der Waals surface area contributed by atoms with E-state index in [-0.39, 0.29) is 0 Å². The Morgan fingerprint density at radius 2 is 2.06 bits per heavy atom. The lowest BCUT2D eigenvalue weighted by Gasteiger charge is -2.07. The maximum atomic E-state index is 10.5.